The monoisotopic (exact) mass is 448 g/mol. The third-order valence-electron chi connectivity index (χ3n) is 4.96. The van der Waals surface area contributed by atoms with Gasteiger partial charge in [-0.3, -0.25) is 0 Å². The third-order valence-corrected chi connectivity index (χ3v) is 6.80. The summed E-state index contributed by atoms with van der Waals surface area (Å²) in [4.78, 5) is 0.219. The first-order chi connectivity index (χ1) is 13.0. The summed E-state index contributed by atoms with van der Waals surface area (Å²) in [6.45, 7) is 1.72. The van der Waals surface area contributed by atoms with Gasteiger partial charge in [-0.15, -0.1) is 0 Å². The summed E-state index contributed by atoms with van der Waals surface area (Å²) >= 11 is 3.39. The Morgan fingerprint density at radius 3 is 2.63 bits per heavy atom. The minimum atomic E-state index is -3.69. The summed E-state index contributed by atoms with van der Waals surface area (Å²) < 4.78 is 35.7. The summed E-state index contributed by atoms with van der Waals surface area (Å²) in [5.41, 5.74) is 1.89. The lowest BCUT2D eigenvalue weighted by Gasteiger charge is -2.27. The van der Waals surface area contributed by atoms with Gasteiger partial charge in [0, 0.05) is 27.7 Å². The Bertz CT molecular complexity index is 967. The zero-order valence-corrected chi connectivity index (χ0v) is 17.2. The van der Waals surface area contributed by atoms with Crippen LogP contribution in [0.2, 0.25) is 0 Å². The van der Waals surface area contributed by atoms with Crippen LogP contribution in [0, 0.1) is 0 Å². The summed E-state index contributed by atoms with van der Waals surface area (Å²) in [6.07, 6.45) is 4.51. The Balaban J connectivity index is 1.44. The van der Waals surface area contributed by atoms with Gasteiger partial charge in [0.25, 0.3) is 10.0 Å². The molecule has 27 heavy (non-hydrogen) atoms. The van der Waals surface area contributed by atoms with Crippen molar-refractivity contribution in [1.82, 2.24) is 5.32 Å². The fraction of sp³-hybridized carbons (Fsp3) is 0.350. The van der Waals surface area contributed by atoms with Gasteiger partial charge in [0.15, 0.2) is 0 Å². The second-order valence-electron chi connectivity index (χ2n) is 6.86. The number of sulfonamides is 1. The van der Waals surface area contributed by atoms with Crippen molar-refractivity contribution in [2.24, 2.45) is 4.40 Å². The van der Waals surface area contributed by atoms with Gasteiger partial charge in [-0.1, -0.05) is 28.1 Å². The molecule has 0 bridgehead atoms. The fourth-order valence-electron chi connectivity index (χ4n) is 3.31. The maximum Gasteiger partial charge on any atom is 0.283 e. The number of fused-ring (bicyclic) bond motifs is 1. The van der Waals surface area contributed by atoms with Gasteiger partial charge in [0.2, 0.25) is 0 Å². The maximum atomic E-state index is 12.5. The molecule has 2 aromatic carbocycles. The van der Waals surface area contributed by atoms with Crippen molar-refractivity contribution in [3.8, 4) is 5.75 Å². The molecule has 1 atom stereocenters. The van der Waals surface area contributed by atoms with E-state index in [1.54, 1.807) is 12.1 Å². The Labute approximate surface area is 168 Å². The fourth-order valence-corrected chi connectivity index (χ4v) is 4.83. The van der Waals surface area contributed by atoms with E-state index in [0.29, 0.717) is 29.7 Å². The van der Waals surface area contributed by atoms with E-state index in [9.17, 15) is 8.42 Å². The smallest absolute Gasteiger partial charge is 0.283 e. The first-order valence-corrected chi connectivity index (χ1v) is 11.4. The van der Waals surface area contributed by atoms with Crippen LogP contribution in [0.1, 0.15) is 36.8 Å². The minimum absolute atomic E-state index is 0.219. The van der Waals surface area contributed by atoms with Crippen molar-refractivity contribution < 1.29 is 13.2 Å². The van der Waals surface area contributed by atoms with Gasteiger partial charge in [-0.25, -0.2) is 0 Å². The number of ether oxygens (including phenoxy) is 1. The number of nitrogens with one attached hydrogen (secondary N) is 1. The lowest BCUT2D eigenvalue weighted by Crippen LogP contribution is -2.42. The second kappa shape index (κ2) is 7.73. The lowest BCUT2D eigenvalue weighted by atomic mass is 10.0. The first kappa shape index (κ1) is 18.7. The normalized spacial score (nSPS) is 19.9. The van der Waals surface area contributed by atoms with Crippen LogP contribution in [0.5, 0.6) is 5.75 Å². The van der Waals surface area contributed by atoms with Gasteiger partial charge in [-0.2, -0.15) is 12.8 Å². The zero-order valence-electron chi connectivity index (χ0n) is 14.8. The molecule has 0 saturated carbocycles. The highest BCUT2D eigenvalue weighted by Gasteiger charge is 2.30. The average Bonchev–Trinajstić information content (AvgIpc) is 2.88. The molecule has 1 saturated heterocycles. The van der Waals surface area contributed by atoms with Crippen molar-refractivity contribution in [3.63, 3.8) is 0 Å². The van der Waals surface area contributed by atoms with E-state index in [4.69, 9.17) is 4.74 Å². The van der Waals surface area contributed by atoms with Crippen molar-refractivity contribution >= 4 is 31.7 Å². The van der Waals surface area contributed by atoms with Gasteiger partial charge >= 0.3 is 0 Å². The second-order valence-corrected chi connectivity index (χ2v) is 9.35. The van der Waals surface area contributed by atoms with Crippen LogP contribution < -0.4 is 10.1 Å². The van der Waals surface area contributed by atoms with Crippen LogP contribution in [0.25, 0.3) is 0 Å². The van der Waals surface area contributed by atoms with Crippen LogP contribution in [0.15, 0.2) is 56.2 Å². The molecular formula is C20H21BrN2O3S. The molecule has 0 aliphatic carbocycles. The predicted molar refractivity (Wildman–Crippen MR) is 109 cm³/mol. The van der Waals surface area contributed by atoms with Gasteiger partial charge in [0.1, 0.15) is 10.6 Å². The van der Waals surface area contributed by atoms with Crippen molar-refractivity contribution in [2.45, 2.75) is 36.6 Å². The van der Waals surface area contributed by atoms with Gasteiger partial charge in [-0.05, 0) is 56.5 Å². The SMILES string of the molecule is O=S1(=O)N=C(c2ccc(Br)cc2)c2ccc(OCCCCC3CCN3)cc21. The molecule has 2 aliphatic heterocycles. The summed E-state index contributed by atoms with van der Waals surface area (Å²) in [5.74, 6) is 0.575. The van der Waals surface area contributed by atoms with E-state index in [1.165, 1.54) is 12.8 Å². The summed E-state index contributed by atoms with van der Waals surface area (Å²) in [6, 6.07) is 13.3. The van der Waals surface area contributed by atoms with E-state index >= 15 is 0 Å². The largest absolute Gasteiger partial charge is 0.494 e. The number of hydrogen-bond acceptors (Lipinski definition) is 4. The molecule has 0 spiro atoms. The molecule has 1 unspecified atom stereocenters. The van der Waals surface area contributed by atoms with Crippen LogP contribution in [0.4, 0.5) is 0 Å². The summed E-state index contributed by atoms with van der Waals surface area (Å²) in [5, 5.41) is 3.39. The highest BCUT2D eigenvalue weighted by Crippen LogP contribution is 2.32. The zero-order chi connectivity index (χ0) is 18.9. The van der Waals surface area contributed by atoms with E-state index < -0.39 is 10.0 Å². The molecule has 1 N–H and O–H groups in total. The number of rotatable bonds is 7. The lowest BCUT2D eigenvalue weighted by molar-refractivity contribution is 0.287. The molecule has 4 rings (SSSR count). The van der Waals surface area contributed by atoms with Crippen molar-refractivity contribution in [3.05, 3.63) is 58.1 Å². The molecule has 142 valence electrons. The standard InChI is InChI=1S/C20H21BrN2O3S/c21-15-6-4-14(5-7-15)20-18-9-8-17(13-19(18)27(24,25)23-20)26-12-2-1-3-16-10-11-22-16/h4-9,13,16,22H,1-3,10-12H2. The molecule has 0 amide bonds. The van der Waals surface area contributed by atoms with Crippen molar-refractivity contribution in [2.75, 3.05) is 13.2 Å². The number of hydrogen-bond donors (Lipinski definition) is 1. The van der Waals surface area contributed by atoms with Gasteiger partial charge < -0.3 is 10.1 Å². The summed E-state index contributed by atoms with van der Waals surface area (Å²) in [7, 11) is -3.69. The van der Waals surface area contributed by atoms with Crippen molar-refractivity contribution in [1.29, 1.82) is 0 Å². The average molecular weight is 449 g/mol. The highest BCUT2D eigenvalue weighted by molar-refractivity contribution is 9.10. The topological polar surface area (TPSA) is 67.8 Å². The molecule has 7 heteroatoms. The van der Waals surface area contributed by atoms with E-state index in [0.717, 1.165) is 29.4 Å². The first-order valence-electron chi connectivity index (χ1n) is 9.14. The van der Waals surface area contributed by atoms with E-state index in [2.05, 4.69) is 25.6 Å². The van der Waals surface area contributed by atoms with Crippen LogP contribution in [0.3, 0.4) is 0 Å². The Morgan fingerprint density at radius 1 is 1.15 bits per heavy atom. The predicted octanol–water partition coefficient (Wildman–Crippen LogP) is 3.90. The molecule has 5 nitrogen and oxygen atoms in total. The van der Waals surface area contributed by atoms with Crippen LogP contribution in [-0.2, 0) is 10.0 Å². The molecule has 0 aromatic heterocycles. The molecule has 2 heterocycles. The van der Waals surface area contributed by atoms with Crippen LogP contribution >= 0.6 is 15.9 Å². The van der Waals surface area contributed by atoms with E-state index in [-0.39, 0.29) is 4.90 Å². The quantitative estimate of drug-likeness (QED) is 0.652. The Hall–Kier alpha value is -1.70. The number of halogens is 1. The number of nitrogens with zero attached hydrogens (tertiary/aromatic N) is 1. The Morgan fingerprint density at radius 2 is 1.93 bits per heavy atom. The number of unbranched alkanes of at least 4 members (excludes halogenated alkanes) is 1. The van der Waals surface area contributed by atoms with E-state index in [1.807, 2.05) is 30.3 Å². The molecular weight excluding hydrogens is 428 g/mol. The van der Waals surface area contributed by atoms with Crippen LogP contribution in [-0.4, -0.2) is 33.3 Å². The molecule has 2 aromatic rings. The Kier molecular flexibility index (Phi) is 5.34. The number of benzene rings is 2. The molecule has 0 radical (unpaired) electrons. The van der Waals surface area contributed by atoms with Gasteiger partial charge in [0.05, 0.1) is 12.3 Å². The molecule has 1 fully saturated rings. The third kappa shape index (κ3) is 4.10. The highest BCUT2D eigenvalue weighted by atomic mass is 79.9. The molecule has 2 aliphatic rings. The maximum absolute atomic E-state index is 12.5. The minimum Gasteiger partial charge on any atom is -0.494 e.